The Balaban J connectivity index is 1.44. The molecule has 0 spiro atoms. The molecule has 2 aliphatic heterocycles. The highest BCUT2D eigenvalue weighted by atomic mass is 32.2. The van der Waals surface area contributed by atoms with Crippen LogP contribution in [0.3, 0.4) is 0 Å². The van der Waals surface area contributed by atoms with Gasteiger partial charge in [-0.3, -0.25) is 4.79 Å². The molecule has 2 aromatic rings. The lowest BCUT2D eigenvalue weighted by atomic mass is 10.1. The number of rotatable bonds is 2. The zero-order chi connectivity index (χ0) is 17.2. The summed E-state index contributed by atoms with van der Waals surface area (Å²) in [4.78, 5) is 16.4. The molecule has 4 nitrogen and oxygen atoms in total. The van der Waals surface area contributed by atoms with E-state index in [4.69, 9.17) is 9.47 Å². The minimum Gasteiger partial charge on any atom is -0.482 e. The van der Waals surface area contributed by atoms with E-state index in [0.717, 1.165) is 25.3 Å². The van der Waals surface area contributed by atoms with E-state index < -0.39 is 6.10 Å². The number of carbonyl (C=O) groups excluding carboxylic acids is 1. The average molecular weight is 376 g/mol. The Morgan fingerprint density at radius 3 is 2.68 bits per heavy atom. The number of nitrogens with zero attached hydrogens (tertiary/aromatic N) is 1. The maximum Gasteiger partial charge on any atom is 0.267 e. The molecule has 0 bridgehead atoms. The van der Waals surface area contributed by atoms with Gasteiger partial charge in [0.25, 0.3) is 5.91 Å². The summed E-state index contributed by atoms with van der Waals surface area (Å²) in [5.74, 6) is 2.35. The lowest BCUT2D eigenvalue weighted by molar-refractivity contribution is -0.144. The van der Waals surface area contributed by atoms with Crippen LogP contribution in [0.4, 0.5) is 0 Å². The zero-order valence-electron chi connectivity index (χ0n) is 14.1. The molecule has 0 N–H and O–H groups in total. The number of amides is 1. The standard InChI is InChI=1S/C19H21NO3S2/c1-13-18(23-15-6-3-2-5-14(15)22-13)19(21)20-9-8-17(25-12-10-20)16-7-4-11-24-16/h2-7,11,13,17-18H,8-10,12H2,1H3. The normalized spacial score (nSPS) is 26.1. The Morgan fingerprint density at radius 1 is 1.12 bits per heavy atom. The largest absolute Gasteiger partial charge is 0.482 e. The highest BCUT2D eigenvalue weighted by Gasteiger charge is 2.37. The number of benzene rings is 1. The van der Waals surface area contributed by atoms with Crippen LogP contribution in [0.2, 0.25) is 0 Å². The molecule has 4 rings (SSSR count). The van der Waals surface area contributed by atoms with E-state index in [1.165, 1.54) is 4.88 Å². The van der Waals surface area contributed by atoms with Crippen LogP contribution in [-0.2, 0) is 4.79 Å². The molecule has 1 saturated heterocycles. The first-order valence-electron chi connectivity index (χ1n) is 8.58. The molecule has 3 unspecified atom stereocenters. The maximum atomic E-state index is 13.0. The number of thiophene rings is 1. The monoisotopic (exact) mass is 375 g/mol. The molecule has 0 aliphatic carbocycles. The van der Waals surface area contributed by atoms with Gasteiger partial charge in [-0.15, -0.1) is 11.3 Å². The fourth-order valence-corrected chi connectivity index (χ4v) is 5.50. The van der Waals surface area contributed by atoms with Crippen molar-refractivity contribution in [1.82, 2.24) is 4.90 Å². The number of ether oxygens (including phenoxy) is 2. The predicted octanol–water partition coefficient (Wildman–Crippen LogP) is 3.98. The molecule has 6 heteroatoms. The van der Waals surface area contributed by atoms with Gasteiger partial charge in [-0.05, 0) is 36.9 Å². The van der Waals surface area contributed by atoms with Gasteiger partial charge in [-0.2, -0.15) is 11.8 Å². The third-order valence-electron chi connectivity index (χ3n) is 4.60. The summed E-state index contributed by atoms with van der Waals surface area (Å²) < 4.78 is 11.9. The Kier molecular flexibility index (Phi) is 4.90. The second kappa shape index (κ2) is 7.30. The van der Waals surface area contributed by atoms with Crippen molar-refractivity contribution in [1.29, 1.82) is 0 Å². The fraction of sp³-hybridized carbons (Fsp3) is 0.421. The first kappa shape index (κ1) is 16.8. The van der Waals surface area contributed by atoms with E-state index in [1.807, 2.05) is 47.9 Å². The zero-order valence-corrected chi connectivity index (χ0v) is 15.7. The Hall–Kier alpha value is -1.66. The molecule has 1 amide bonds. The van der Waals surface area contributed by atoms with Gasteiger partial charge in [0, 0.05) is 29.0 Å². The molecule has 1 aromatic carbocycles. The topological polar surface area (TPSA) is 38.8 Å². The molecule has 25 heavy (non-hydrogen) atoms. The average Bonchev–Trinajstić information content (AvgIpc) is 3.05. The van der Waals surface area contributed by atoms with Gasteiger partial charge in [0.2, 0.25) is 6.10 Å². The minimum atomic E-state index is -0.571. The predicted molar refractivity (Wildman–Crippen MR) is 102 cm³/mol. The number of hydrogen-bond donors (Lipinski definition) is 0. The van der Waals surface area contributed by atoms with Crippen LogP contribution >= 0.6 is 23.1 Å². The molecule has 2 aliphatic rings. The van der Waals surface area contributed by atoms with Crippen molar-refractivity contribution < 1.29 is 14.3 Å². The van der Waals surface area contributed by atoms with Crippen molar-refractivity contribution in [2.45, 2.75) is 30.8 Å². The number of thioether (sulfide) groups is 1. The van der Waals surface area contributed by atoms with E-state index in [-0.39, 0.29) is 12.0 Å². The molecule has 1 aromatic heterocycles. The molecule has 0 saturated carbocycles. The maximum absolute atomic E-state index is 13.0. The van der Waals surface area contributed by atoms with E-state index in [0.29, 0.717) is 16.7 Å². The van der Waals surface area contributed by atoms with E-state index in [9.17, 15) is 4.79 Å². The van der Waals surface area contributed by atoms with Crippen LogP contribution in [0.5, 0.6) is 11.5 Å². The van der Waals surface area contributed by atoms with E-state index in [1.54, 1.807) is 11.3 Å². The lowest BCUT2D eigenvalue weighted by Gasteiger charge is -2.34. The fourth-order valence-electron chi connectivity index (χ4n) is 3.26. The molecule has 3 atom stereocenters. The summed E-state index contributed by atoms with van der Waals surface area (Å²) in [6, 6.07) is 11.8. The summed E-state index contributed by atoms with van der Waals surface area (Å²) >= 11 is 3.74. The van der Waals surface area contributed by atoms with Crippen molar-refractivity contribution in [3.05, 3.63) is 46.7 Å². The minimum absolute atomic E-state index is 0.0365. The van der Waals surface area contributed by atoms with Gasteiger partial charge in [-0.1, -0.05) is 18.2 Å². The van der Waals surface area contributed by atoms with Crippen LogP contribution < -0.4 is 9.47 Å². The Bertz CT molecular complexity index is 734. The van der Waals surface area contributed by atoms with E-state index in [2.05, 4.69) is 17.5 Å². The molecule has 0 radical (unpaired) electrons. The SMILES string of the molecule is CC1Oc2ccccc2OC1C(=O)N1CCSC(c2cccs2)CC1. The number of carbonyl (C=O) groups is 1. The first-order chi connectivity index (χ1) is 12.2. The van der Waals surface area contributed by atoms with Gasteiger partial charge in [0.1, 0.15) is 6.10 Å². The van der Waals surface area contributed by atoms with Gasteiger partial charge in [-0.25, -0.2) is 0 Å². The van der Waals surface area contributed by atoms with Crippen molar-refractivity contribution in [2.24, 2.45) is 0 Å². The Morgan fingerprint density at radius 2 is 1.92 bits per heavy atom. The van der Waals surface area contributed by atoms with Crippen LogP contribution in [0.15, 0.2) is 41.8 Å². The third-order valence-corrected chi connectivity index (χ3v) is 7.04. The van der Waals surface area contributed by atoms with Crippen LogP contribution in [-0.4, -0.2) is 41.9 Å². The van der Waals surface area contributed by atoms with Crippen molar-refractivity contribution in [3.63, 3.8) is 0 Å². The third kappa shape index (κ3) is 3.51. The number of fused-ring (bicyclic) bond motifs is 1. The van der Waals surface area contributed by atoms with Gasteiger partial charge >= 0.3 is 0 Å². The van der Waals surface area contributed by atoms with Gasteiger partial charge in [0.05, 0.1) is 0 Å². The highest BCUT2D eigenvalue weighted by Crippen LogP contribution is 2.38. The molecule has 1 fully saturated rings. The van der Waals surface area contributed by atoms with Crippen LogP contribution in [0.25, 0.3) is 0 Å². The Labute approximate surface area is 156 Å². The van der Waals surface area contributed by atoms with E-state index >= 15 is 0 Å². The second-order valence-corrected chi connectivity index (χ2v) is 8.59. The molecule has 132 valence electrons. The van der Waals surface area contributed by atoms with Crippen LogP contribution in [0.1, 0.15) is 23.5 Å². The van der Waals surface area contributed by atoms with Crippen LogP contribution in [0, 0.1) is 0 Å². The molecule has 3 heterocycles. The summed E-state index contributed by atoms with van der Waals surface area (Å²) in [5, 5.41) is 2.61. The van der Waals surface area contributed by atoms with Gasteiger partial charge < -0.3 is 14.4 Å². The van der Waals surface area contributed by atoms with Crippen molar-refractivity contribution in [3.8, 4) is 11.5 Å². The summed E-state index contributed by atoms with van der Waals surface area (Å²) in [5.41, 5.74) is 0. The molecular formula is C19H21NO3S2. The number of para-hydroxylation sites is 2. The smallest absolute Gasteiger partial charge is 0.267 e. The van der Waals surface area contributed by atoms with Crippen molar-refractivity contribution in [2.75, 3.05) is 18.8 Å². The first-order valence-corrected chi connectivity index (χ1v) is 10.5. The number of hydrogen-bond acceptors (Lipinski definition) is 5. The second-order valence-electron chi connectivity index (χ2n) is 6.30. The quantitative estimate of drug-likeness (QED) is 0.796. The summed E-state index contributed by atoms with van der Waals surface area (Å²) in [6.07, 6.45) is 0.125. The van der Waals surface area contributed by atoms with Gasteiger partial charge in [0.15, 0.2) is 11.5 Å². The molecular weight excluding hydrogens is 354 g/mol. The summed E-state index contributed by atoms with van der Waals surface area (Å²) in [6.45, 7) is 3.43. The highest BCUT2D eigenvalue weighted by molar-refractivity contribution is 7.99. The van der Waals surface area contributed by atoms with Crippen molar-refractivity contribution >= 4 is 29.0 Å². The lowest BCUT2D eigenvalue weighted by Crippen LogP contribution is -2.51. The summed E-state index contributed by atoms with van der Waals surface area (Å²) in [7, 11) is 0.